The van der Waals surface area contributed by atoms with E-state index >= 15 is 0 Å². The molecule has 0 saturated carbocycles. The van der Waals surface area contributed by atoms with E-state index in [1.807, 2.05) is 6.92 Å². The fourth-order valence-corrected chi connectivity index (χ4v) is 3.20. The van der Waals surface area contributed by atoms with Crippen LogP contribution >= 0.6 is 0 Å². The minimum absolute atomic E-state index is 0.0846. The topological polar surface area (TPSA) is 69.8 Å². The summed E-state index contributed by atoms with van der Waals surface area (Å²) in [5, 5.41) is 20.8. The Balaban J connectivity index is 2.24. The minimum atomic E-state index is -4.79. The molecule has 0 radical (unpaired) electrons. The van der Waals surface area contributed by atoms with Crippen LogP contribution in [-0.4, -0.2) is 52.8 Å². The number of piperazine rings is 1. The lowest BCUT2D eigenvalue weighted by Crippen LogP contribution is -2.54. The summed E-state index contributed by atoms with van der Waals surface area (Å²) < 4.78 is 39.4. The van der Waals surface area contributed by atoms with E-state index < -0.39 is 28.0 Å². The lowest BCUT2D eigenvalue weighted by atomic mass is 10.1. The fourth-order valence-electron chi connectivity index (χ4n) is 3.20. The second kappa shape index (κ2) is 6.80. The molecule has 6 nitrogen and oxygen atoms in total. The number of hydrogen-bond donors (Lipinski definition) is 1. The fraction of sp³-hybridized carbons (Fsp3) is 0.625. The standard InChI is InChI=1S/C16H22F3N3O3/c1-11-9-20(10-15(2,3)23)6-7-21(11)12-4-5-14(22(24)25)13(8-12)16(17,18)19/h4-5,8,11,23H,6-7,9-10H2,1-3H3. The third-order valence-electron chi connectivity index (χ3n) is 4.14. The number of nitro benzene ring substituents is 1. The van der Waals surface area contributed by atoms with Gasteiger partial charge in [-0.25, -0.2) is 0 Å². The molecule has 1 heterocycles. The molecular formula is C16H22F3N3O3. The van der Waals surface area contributed by atoms with Gasteiger partial charge in [-0.3, -0.25) is 15.0 Å². The molecule has 1 N–H and O–H groups in total. The predicted molar refractivity (Wildman–Crippen MR) is 87.6 cm³/mol. The Labute approximate surface area is 144 Å². The van der Waals surface area contributed by atoms with Crippen molar-refractivity contribution in [1.29, 1.82) is 0 Å². The van der Waals surface area contributed by atoms with E-state index in [0.29, 0.717) is 31.9 Å². The molecule has 2 rings (SSSR count). The average Bonchev–Trinajstić information content (AvgIpc) is 2.44. The number of halogens is 3. The van der Waals surface area contributed by atoms with Gasteiger partial charge in [0.05, 0.1) is 10.5 Å². The normalized spacial score (nSPS) is 20.0. The van der Waals surface area contributed by atoms with E-state index in [1.165, 1.54) is 6.07 Å². The number of aliphatic hydroxyl groups is 1. The van der Waals surface area contributed by atoms with Gasteiger partial charge in [0, 0.05) is 44.0 Å². The summed E-state index contributed by atoms with van der Waals surface area (Å²) in [4.78, 5) is 13.7. The summed E-state index contributed by atoms with van der Waals surface area (Å²) in [5.74, 6) is 0. The maximum atomic E-state index is 13.1. The first-order valence-corrected chi connectivity index (χ1v) is 7.95. The zero-order chi connectivity index (χ0) is 19.0. The lowest BCUT2D eigenvalue weighted by Gasteiger charge is -2.43. The quantitative estimate of drug-likeness (QED) is 0.660. The number of benzene rings is 1. The van der Waals surface area contributed by atoms with Gasteiger partial charge in [-0.2, -0.15) is 13.2 Å². The Hall–Kier alpha value is -1.87. The van der Waals surface area contributed by atoms with Crippen molar-refractivity contribution < 1.29 is 23.2 Å². The molecular weight excluding hydrogens is 339 g/mol. The number of anilines is 1. The van der Waals surface area contributed by atoms with Crippen molar-refractivity contribution in [3.8, 4) is 0 Å². The molecule has 140 valence electrons. The molecule has 0 spiro atoms. The van der Waals surface area contributed by atoms with Crippen LogP contribution in [-0.2, 0) is 6.18 Å². The SMILES string of the molecule is CC1CN(CC(C)(C)O)CCN1c1ccc([N+](=O)[O-])c(C(F)(F)F)c1. The molecule has 1 aromatic carbocycles. The van der Waals surface area contributed by atoms with Crippen molar-refractivity contribution in [2.75, 3.05) is 31.1 Å². The highest BCUT2D eigenvalue weighted by Crippen LogP contribution is 2.38. The Morgan fingerprint density at radius 2 is 1.96 bits per heavy atom. The number of alkyl halides is 3. The van der Waals surface area contributed by atoms with Crippen molar-refractivity contribution in [2.24, 2.45) is 0 Å². The molecule has 1 aromatic rings. The smallest absolute Gasteiger partial charge is 0.389 e. The highest BCUT2D eigenvalue weighted by molar-refractivity contribution is 5.57. The third-order valence-corrected chi connectivity index (χ3v) is 4.14. The first-order chi connectivity index (χ1) is 11.4. The Morgan fingerprint density at radius 1 is 1.32 bits per heavy atom. The molecule has 1 aliphatic heterocycles. The van der Waals surface area contributed by atoms with Crippen LogP contribution in [0.3, 0.4) is 0 Å². The zero-order valence-corrected chi connectivity index (χ0v) is 14.4. The molecule has 9 heteroatoms. The molecule has 0 aliphatic carbocycles. The van der Waals surface area contributed by atoms with Crippen molar-refractivity contribution in [3.05, 3.63) is 33.9 Å². The molecule has 1 unspecified atom stereocenters. The molecule has 25 heavy (non-hydrogen) atoms. The second-order valence-electron chi connectivity index (χ2n) is 7.05. The van der Waals surface area contributed by atoms with Crippen molar-refractivity contribution in [1.82, 2.24) is 4.90 Å². The third kappa shape index (κ3) is 4.82. The van der Waals surface area contributed by atoms with Crippen molar-refractivity contribution >= 4 is 11.4 Å². The Morgan fingerprint density at radius 3 is 2.44 bits per heavy atom. The summed E-state index contributed by atoms with van der Waals surface area (Å²) in [6.45, 7) is 7.41. The van der Waals surface area contributed by atoms with Crippen LogP contribution in [0.2, 0.25) is 0 Å². The molecule has 0 aromatic heterocycles. The monoisotopic (exact) mass is 361 g/mol. The minimum Gasteiger partial charge on any atom is -0.389 e. The highest BCUT2D eigenvalue weighted by Gasteiger charge is 2.39. The predicted octanol–water partition coefficient (Wildman–Crippen LogP) is 2.90. The van der Waals surface area contributed by atoms with Gasteiger partial charge in [0.1, 0.15) is 5.56 Å². The van der Waals surface area contributed by atoms with Gasteiger partial charge in [0.15, 0.2) is 0 Å². The summed E-state index contributed by atoms with van der Waals surface area (Å²) in [5.41, 5.74) is -2.71. The number of hydrogen-bond acceptors (Lipinski definition) is 5. The molecule has 1 atom stereocenters. The van der Waals surface area contributed by atoms with E-state index in [1.54, 1.807) is 18.7 Å². The van der Waals surface area contributed by atoms with Crippen LogP contribution in [0, 0.1) is 10.1 Å². The van der Waals surface area contributed by atoms with Crippen LogP contribution in [0.5, 0.6) is 0 Å². The van der Waals surface area contributed by atoms with E-state index in [4.69, 9.17) is 0 Å². The highest BCUT2D eigenvalue weighted by atomic mass is 19.4. The average molecular weight is 361 g/mol. The number of nitrogens with zero attached hydrogens (tertiary/aromatic N) is 3. The second-order valence-corrected chi connectivity index (χ2v) is 7.05. The van der Waals surface area contributed by atoms with Gasteiger partial charge in [-0.05, 0) is 32.9 Å². The summed E-state index contributed by atoms with van der Waals surface area (Å²) >= 11 is 0. The van der Waals surface area contributed by atoms with E-state index in [2.05, 4.69) is 4.90 Å². The van der Waals surface area contributed by atoms with Gasteiger partial charge in [0.2, 0.25) is 0 Å². The number of nitro groups is 1. The van der Waals surface area contributed by atoms with E-state index in [-0.39, 0.29) is 6.04 Å². The Kier molecular flexibility index (Phi) is 5.29. The number of rotatable bonds is 4. The molecule has 1 saturated heterocycles. The molecule has 0 bridgehead atoms. The van der Waals surface area contributed by atoms with Gasteiger partial charge < -0.3 is 10.0 Å². The van der Waals surface area contributed by atoms with Crippen molar-refractivity contribution in [2.45, 2.75) is 38.6 Å². The first kappa shape index (κ1) is 19.5. The van der Waals surface area contributed by atoms with Crippen LogP contribution in [0.1, 0.15) is 26.3 Å². The summed E-state index contributed by atoms with van der Waals surface area (Å²) in [6, 6.07) is 3.03. The summed E-state index contributed by atoms with van der Waals surface area (Å²) in [6.07, 6.45) is -4.79. The first-order valence-electron chi connectivity index (χ1n) is 7.95. The van der Waals surface area contributed by atoms with Crippen LogP contribution in [0.25, 0.3) is 0 Å². The van der Waals surface area contributed by atoms with Gasteiger partial charge in [-0.1, -0.05) is 0 Å². The van der Waals surface area contributed by atoms with Crippen LogP contribution in [0.4, 0.5) is 24.5 Å². The maximum Gasteiger partial charge on any atom is 0.423 e. The maximum absolute atomic E-state index is 13.1. The van der Waals surface area contributed by atoms with Gasteiger partial charge in [0.25, 0.3) is 5.69 Å². The van der Waals surface area contributed by atoms with Gasteiger partial charge in [-0.15, -0.1) is 0 Å². The molecule has 1 fully saturated rings. The zero-order valence-electron chi connectivity index (χ0n) is 14.4. The molecule has 0 amide bonds. The summed E-state index contributed by atoms with van der Waals surface area (Å²) in [7, 11) is 0. The number of β-amino-alcohol motifs (C(OH)–C–C–N with tert-alkyl or cyclic N) is 1. The van der Waals surface area contributed by atoms with E-state index in [0.717, 1.165) is 12.1 Å². The van der Waals surface area contributed by atoms with Gasteiger partial charge >= 0.3 is 6.18 Å². The van der Waals surface area contributed by atoms with Crippen LogP contribution < -0.4 is 4.90 Å². The van der Waals surface area contributed by atoms with E-state index in [9.17, 15) is 28.4 Å². The largest absolute Gasteiger partial charge is 0.423 e. The van der Waals surface area contributed by atoms with Crippen LogP contribution in [0.15, 0.2) is 18.2 Å². The van der Waals surface area contributed by atoms with Crippen molar-refractivity contribution in [3.63, 3.8) is 0 Å². The lowest BCUT2D eigenvalue weighted by molar-refractivity contribution is -0.388. The molecule has 1 aliphatic rings. The Bertz CT molecular complexity index is 644.